The molecular weight excluding hydrogens is 210 g/mol. The minimum absolute atomic E-state index is 0.489. The number of H-pyrrole nitrogens is 1. The second-order valence-electron chi connectivity index (χ2n) is 6.60. The van der Waals surface area contributed by atoms with Crippen LogP contribution in [0.25, 0.3) is 0 Å². The number of nitrogen functional groups attached to an aromatic ring is 1. The Kier molecular flexibility index (Phi) is 1.80. The van der Waals surface area contributed by atoms with Crippen LogP contribution in [0.15, 0.2) is 0 Å². The molecule has 0 aliphatic heterocycles. The summed E-state index contributed by atoms with van der Waals surface area (Å²) in [6, 6.07) is 0. The first-order valence-electron chi connectivity index (χ1n) is 7.02. The van der Waals surface area contributed by atoms with Crippen LogP contribution in [0.5, 0.6) is 0 Å². The van der Waals surface area contributed by atoms with Crippen LogP contribution < -0.4 is 5.73 Å². The highest BCUT2D eigenvalue weighted by Crippen LogP contribution is 2.73. The second-order valence-corrected chi connectivity index (χ2v) is 6.60. The van der Waals surface area contributed by atoms with Gasteiger partial charge in [-0.05, 0) is 48.9 Å². The van der Waals surface area contributed by atoms with Crippen LogP contribution in [-0.2, 0) is 0 Å². The normalized spacial score (nSPS) is 42.2. The van der Waals surface area contributed by atoms with Gasteiger partial charge in [-0.1, -0.05) is 13.8 Å². The second kappa shape index (κ2) is 3.06. The summed E-state index contributed by atoms with van der Waals surface area (Å²) >= 11 is 0. The van der Waals surface area contributed by atoms with Crippen molar-refractivity contribution in [2.24, 2.45) is 23.7 Å². The number of aromatic nitrogens is 2. The van der Waals surface area contributed by atoms with Crippen LogP contribution in [0.1, 0.15) is 56.2 Å². The van der Waals surface area contributed by atoms with Gasteiger partial charge in [-0.3, -0.25) is 5.10 Å². The summed E-state index contributed by atoms with van der Waals surface area (Å²) in [5.74, 6) is 5.94. The first-order valence-corrected chi connectivity index (χ1v) is 7.02. The lowest BCUT2D eigenvalue weighted by atomic mass is 9.94. The smallest absolute Gasteiger partial charge is 0.148 e. The number of hydrogen-bond donors (Lipinski definition) is 2. The van der Waals surface area contributed by atoms with Crippen molar-refractivity contribution in [2.45, 2.75) is 44.9 Å². The fourth-order valence-electron chi connectivity index (χ4n) is 4.95. The van der Waals surface area contributed by atoms with Crippen LogP contribution in [0.4, 0.5) is 5.82 Å². The molecular formula is C14H21N3. The van der Waals surface area contributed by atoms with Gasteiger partial charge < -0.3 is 5.73 Å². The van der Waals surface area contributed by atoms with Gasteiger partial charge in [0.25, 0.3) is 0 Å². The molecule has 0 aromatic carbocycles. The lowest BCUT2D eigenvalue weighted by Gasteiger charge is -2.11. The van der Waals surface area contributed by atoms with Gasteiger partial charge in [-0.15, -0.1) is 0 Å². The van der Waals surface area contributed by atoms with Gasteiger partial charge in [-0.25, -0.2) is 0 Å². The minimum atomic E-state index is 0.489. The summed E-state index contributed by atoms with van der Waals surface area (Å²) in [6.07, 6.45) is 4.46. The van der Waals surface area contributed by atoms with Gasteiger partial charge in [0.05, 0.1) is 0 Å². The fourth-order valence-corrected chi connectivity index (χ4v) is 4.95. The van der Waals surface area contributed by atoms with E-state index in [1.807, 2.05) is 0 Å². The van der Waals surface area contributed by atoms with E-state index >= 15 is 0 Å². The third-order valence-electron chi connectivity index (χ3n) is 5.51. The van der Waals surface area contributed by atoms with Crippen LogP contribution in [0, 0.1) is 23.7 Å². The number of aromatic amines is 1. The van der Waals surface area contributed by atoms with Gasteiger partial charge in [-0.2, -0.15) is 5.10 Å². The summed E-state index contributed by atoms with van der Waals surface area (Å²) in [5.41, 5.74) is 8.67. The molecule has 0 radical (unpaired) electrons. The van der Waals surface area contributed by atoms with Crippen LogP contribution >= 0.6 is 0 Å². The van der Waals surface area contributed by atoms with Gasteiger partial charge >= 0.3 is 0 Å². The van der Waals surface area contributed by atoms with Crippen LogP contribution in [0.2, 0.25) is 0 Å². The molecule has 3 aliphatic rings. The first-order chi connectivity index (χ1) is 8.18. The van der Waals surface area contributed by atoms with Crippen molar-refractivity contribution < 1.29 is 0 Å². The number of nitrogens with one attached hydrogen (secondary N) is 1. The zero-order chi connectivity index (χ0) is 11.7. The molecule has 3 saturated carbocycles. The van der Waals surface area contributed by atoms with Crippen molar-refractivity contribution in [3.63, 3.8) is 0 Å². The van der Waals surface area contributed by atoms with Gasteiger partial charge in [0, 0.05) is 17.2 Å². The molecule has 1 aromatic heterocycles. The highest BCUT2D eigenvalue weighted by atomic mass is 15.2. The molecule has 1 heterocycles. The number of fused-ring (bicyclic) bond motifs is 5. The van der Waals surface area contributed by atoms with E-state index in [0.29, 0.717) is 5.92 Å². The largest absolute Gasteiger partial charge is 0.382 e. The lowest BCUT2D eigenvalue weighted by Crippen LogP contribution is -2.02. The Morgan fingerprint density at radius 3 is 2.47 bits per heavy atom. The van der Waals surface area contributed by atoms with Crippen LogP contribution in [0.3, 0.4) is 0 Å². The lowest BCUT2D eigenvalue weighted by molar-refractivity contribution is 0.456. The SMILES string of the molecule is CC(C)c1c(N)n[nH]c1C1C2C3CCC(C3)C12. The topological polar surface area (TPSA) is 54.7 Å². The molecule has 3 heteroatoms. The van der Waals surface area contributed by atoms with Gasteiger partial charge in [0.1, 0.15) is 5.82 Å². The van der Waals surface area contributed by atoms with E-state index in [0.717, 1.165) is 35.4 Å². The molecule has 4 unspecified atom stereocenters. The van der Waals surface area contributed by atoms with E-state index in [9.17, 15) is 0 Å². The summed E-state index contributed by atoms with van der Waals surface area (Å²) < 4.78 is 0. The van der Waals surface area contributed by atoms with E-state index in [-0.39, 0.29) is 0 Å². The number of anilines is 1. The fraction of sp³-hybridized carbons (Fsp3) is 0.786. The average Bonchev–Trinajstić information content (AvgIpc) is 2.67. The highest BCUT2D eigenvalue weighted by Gasteiger charge is 2.66. The first kappa shape index (κ1) is 9.98. The molecule has 4 atom stereocenters. The summed E-state index contributed by atoms with van der Waals surface area (Å²) in [7, 11) is 0. The molecule has 92 valence electrons. The highest BCUT2D eigenvalue weighted by molar-refractivity contribution is 5.48. The molecule has 0 amide bonds. The molecule has 17 heavy (non-hydrogen) atoms. The predicted molar refractivity (Wildman–Crippen MR) is 67.6 cm³/mol. The quantitative estimate of drug-likeness (QED) is 0.822. The van der Waals surface area contributed by atoms with Crippen molar-refractivity contribution in [2.75, 3.05) is 5.73 Å². The Balaban J connectivity index is 1.69. The van der Waals surface area contributed by atoms with E-state index in [4.69, 9.17) is 5.73 Å². The van der Waals surface area contributed by atoms with Crippen molar-refractivity contribution >= 4 is 5.82 Å². The zero-order valence-electron chi connectivity index (χ0n) is 10.6. The molecule has 3 nitrogen and oxygen atoms in total. The molecule has 3 fully saturated rings. The maximum atomic E-state index is 6.00. The summed E-state index contributed by atoms with van der Waals surface area (Å²) in [6.45, 7) is 4.44. The van der Waals surface area contributed by atoms with Crippen molar-refractivity contribution in [3.05, 3.63) is 11.3 Å². The van der Waals surface area contributed by atoms with Crippen molar-refractivity contribution in [1.29, 1.82) is 0 Å². The maximum Gasteiger partial charge on any atom is 0.148 e. The number of rotatable bonds is 2. The third kappa shape index (κ3) is 1.15. The van der Waals surface area contributed by atoms with E-state index in [1.165, 1.54) is 30.5 Å². The molecule has 2 bridgehead atoms. The van der Waals surface area contributed by atoms with Crippen molar-refractivity contribution in [1.82, 2.24) is 10.2 Å². The molecule has 0 spiro atoms. The number of nitrogens with zero attached hydrogens (tertiary/aromatic N) is 1. The van der Waals surface area contributed by atoms with E-state index < -0.39 is 0 Å². The van der Waals surface area contributed by atoms with Crippen molar-refractivity contribution in [3.8, 4) is 0 Å². The van der Waals surface area contributed by atoms with Gasteiger partial charge in [0.15, 0.2) is 0 Å². The van der Waals surface area contributed by atoms with E-state index in [2.05, 4.69) is 24.0 Å². The predicted octanol–water partition coefficient (Wildman–Crippen LogP) is 2.87. The Morgan fingerprint density at radius 1 is 1.24 bits per heavy atom. The molecule has 4 rings (SSSR count). The average molecular weight is 231 g/mol. The maximum absolute atomic E-state index is 6.00. The molecule has 1 aromatic rings. The third-order valence-corrected chi connectivity index (χ3v) is 5.51. The van der Waals surface area contributed by atoms with Crippen LogP contribution in [-0.4, -0.2) is 10.2 Å². The number of hydrogen-bond acceptors (Lipinski definition) is 2. The molecule has 3 N–H and O–H groups in total. The Morgan fingerprint density at radius 2 is 1.88 bits per heavy atom. The summed E-state index contributed by atoms with van der Waals surface area (Å²) in [4.78, 5) is 0. The number of nitrogens with two attached hydrogens (primary N) is 1. The Labute approximate surface area is 102 Å². The van der Waals surface area contributed by atoms with Gasteiger partial charge in [0.2, 0.25) is 0 Å². The molecule has 3 aliphatic carbocycles. The monoisotopic (exact) mass is 231 g/mol. The zero-order valence-corrected chi connectivity index (χ0v) is 10.6. The summed E-state index contributed by atoms with van der Waals surface area (Å²) in [5, 5.41) is 7.49. The Hall–Kier alpha value is -0.990. The van der Waals surface area contributed by atoms with E-state index in [1.54, 1.807) is 0 Å². The molecule has 0 saturated heterocycles. The minimum Gasteiger partial charge on any atom is -0.382 e. The standard InChI is InChI=1S/C14H21N3/c1-6(2)9-13(16-17-14(9)15)12-10-7-3-4-8(5-7)11(10)12/h6-8,10-12H,3-5H2,1-2H3,(H3,15,16,17). The Bertz CT molecular complexity index is 446.